The van der Waals surface area contributed by atoms with E-state index >= 15 is 0 Å². The number of nitrogens with one attached hydrogen (secondary N) is 1. The highest BCUT2D eigenvalue weighted by atomic mass is 16.5. The molecule has 1 N–H and O–H groups in total. The van der Waals surface area contributed by atoms with E-state index in [2.05, 4.69) is 41.4 Å². The van der Waals surface area contributed by atoms with Crippen LogP contribution in [0, 0.1) is 0 Å². The summed E-state index contributed by atoms with van der Waals surface area (Å²) in [6, 6.07) is 10.4. The number of hydrogen-bond acceptors (Lipinski definition) is 3. The first-order valence-electron chi connectivity index (χ1n) is 8.51. The summed E-state index contributed by atoms with van der Waals surface area (Å²) in [4.78, 5) is 2.69. The Kier molecular flexibility index (Phi) is 4.81. The molecule has 0 spiro atoms. The lowest BCUT2D eigenvalue weighted by Gasteiger charge is -2.34. The van der Waals surface area contributed by atoms with Gasteiger partial charge in [0, 0.05) is 24.7 Å². The number of fused-ring (bicyclic) bond motifs is 1. The average molecular weight is 288 g/mol. The Morgan fingerprint density at radius 1 is 1.19 bits per heavy atom. The van der Waals surface area contributed by atoms with E-state index in [0.29, 0.717) is 12.1 Å². The van der Waals surface area contributed by atoms with E-state index in [-0.39, 0.29) is 0 Å². The Bertz CT molecular complexity index is 445. The van der Waals surface area contributed by atoms with Crippen LogP contribution in [0.3, 0.4) is 0 Å². The van der Waals surface area contributed by atoms with Crippen molar-refractivity contribution in [3.8, 4) is 5.75 Å². The van der Waals surface area contributed by atoms with Crippen LogP contribution in [0.2, 0.25) is 0 Å². The van der Waals surface area contributed by atoms with Gasteiger partial charge in [-0.2, -0.15) is 0 Å². The first-order chi connectivity index (χ1) is 10.3. The number of piperidine rings is 1. The Morgan fingerprint density at radius 3 is 2.76 bits per heavy atom. The summed E-state index contributed by atoms with van der Waals surface area (Å²) < 4.78 is 5.52. The molecule has 0 aliphatic carbocycles. The molecule has 0 amide bonds. The van der Waals surface area contributed by atoms with Crippen molar-refractivity contribution in [3.63, 3.8) is 0 Å². The molecule has 3 heteroatoms. The highest BCUT2D eigenvalue weighted by Crippen LogP contribution is 2.29. The van der Waals surface area contributed by atoms with E-state index in [9.17, 15) is 0 Å². The van der Waals surface area contributed by atoms with Crippen LogP contribution in [0.4, 0.5) is 0 Å². The van der Waals surface area contributed by atoms with Crippen molar-refractivity contribution in [1.29, 1.82) is 0 Å². The van der Waals surface area contributed by atoms with Gasteiger partial charge < -0.3 is 10.1 Å². The van der Waals surface area contributed by atoms with E-state index in [1.165, 1.54) is 44.3 Å². The summed E-state index contributed by atoms with van der Waals surface area (Å²) in [6.45, 7) is 7.61. The smallest absolute Gasteiger partial charge is 0.119 e. The molecule has 2 heterocycles. The molecule has 1 aromatic rings. The van der Waals surface area contributed by atoms with E-state index < -0.39 is 0 Å². The zero-order valence-corrected chi connectivity index (χ0v) is 13.3. The molecule has 116 valence electrons. The summed E-state index contributed by atoms with van der Waals surface area (Å²) >= 11 is 0. The largest absolute Gasteiger partial charge is 0.494 e. The fraction of sp³-hybridized carbons (Fsp3) is 0.667. The number of benzene rings is 1. The molecule has 2 saturated heterocycles. The molecule has 0 saturated carbocycles. The second kappa shape index (κ2) is 6.80. The first kappa shape index (κ1) is 14.9. The third kappa shape index (κ3) is 3.41. The summed E-state index contributed by atoms with van der Waals surface area (Å²) in [7, 11) is 0. The third-order valence-corrected chi connectivity index (χ3v) is 5.01. The second-order valence-electron chi connectivity index (χ2n) is 6.38. The SMILES string of the molecule is CCOc1ccc(C(C)NC2CCN3CCCCC23)cc1. The predicted octanol–water partition coefficient (Wildman–Crippen LogP) is 3.36. The van der Waals surface area contributed by atoms with Gasteiger partial charge in [0.1, 0.15) is 5.75 Å². The van der Waals surface area contributed by atoms with Gasteiger partial charge in [-0.15, -0.1) is 0 Å². The highest BCUT2D eigenvalue weighted by Gasteiger charge is 2.35. The Labute approximate surface area is 128 Å². The van der Waals surface area contributed by atoms with Gasteiger partial charge in [-0.25, -0.2) is 0 Å². The molecule has 0 bridgehead atoms. The van der Waals surface area contributed by atoms with Crippen molar-refractivity contribution in [2.24, 2.45) is 0 Å². The number of nitrogens with zero attached hydrogens (tertiary/aromatic N) is 1. The minimum atomic E-state index is 0.410. The molecular formula is C18H28N2O. The van der Waals surface area contributed by atoms with Crippen LogP contribution in [0.25, 0.3) is 0 Å². The van der Waals surface area contributed by atoms with E-state index in [0.717, 1.165) is 18.4 Å². The fourth-order valence-electron chi connectivity index (χ4n) is 3.88. The Morgan fingerprint density at radius 2 is 2.00 bits per heavy atom. The minimum absolute atomic E-state index is 0.410. The van der Waals surface area contributed by atoms with Crippen molar-refractivity contribution in [1.82, 2.24) is 10.2 Å². The Hall–Kier alpha value is -1.06. The molecule has 3 nitrogen and oxygen atoms in total. The van der Waals surface area contributed by atoms with Gasteiger partial charge in [0.15, 0.2) is 0 Å². The van der Waals surface area contributed by atoms with Gasteiger partial charge in [0.25, 0.3) is 0 Å². The van der Waals surface area contributed by atoms with Crippen molar-refractivity contribution < 1.29 is 4.74 Å². The summed E-state index contributed by atoms with van der Waals surface area (Å²) in [5.74, 6) is 0.966. The van der Waals surface area contributed by atoms with Crippen LogP contribution in [0.5, 0.6) is 5.75 Å². The van der Waals surface area contributed by atoms with Gasteiger partial charge in [-0.1, -0.05) is 18.6 Å². The van der Waals surface area contributed by atoms with Gasteiger partial charge in [-0.05, 0) is 57.4 Å². The maximum absolute atomic E-state index is 5.52. The van der Waals surface area contributed by atoms with Crippen LogP contribution in [0.15, 0.2) is 24.3 Å². The number of rotatable bonds is 5. The van der Waals surface area contributed by atoms with Crippen LogP contribution >= 0.6 is 0 Å². The zero-order valence-electron chi connectivity index (χ0n) is 13.3. The molecule has 2 aliphatic heterocycles. The summed E-state index contributed by atoms with van der Waals surface area (Å²) in [5.41, 5.74) is 1.35. The lowest BCUT2D eigenvalue weighted by Crippen LogP contribution is -2.45. The van der Waals surface area contributed by atoms with Crippen molar-refractivity contribution in [2.75, 3.05) is 19.7 Å². The molecule has 3 rings (SSSR count). The Balaban J connectivity index is 1.59. The van der Waals surface area contributed by atoms with Gasteiger partial charge in [-0.3, -0.25) is 4.90 Å². The molecule has 3 atom stereocenters. The van der Waals surface area contributed by atoms with Crippen LogP contribution < -0.4 is 10.1 Å². The van der Waals surface area contributed by atoms with Gasteiger partial charge in [0.2, 0.25) is 0 Å². The highest BCUT2D eigenvalue weighted by molar-refractivity contribution is 5.29. The normalized spacial score (nSPS) is 27.3. The van der Waals surface area contributed by atoms with Gasteiger partial charge >= 0.3 is 0 Å². The molecule has 1 aromatic carbocycles. The molecule has 0 aromatic heterocycles. The first-order valence-corrected chi connectivity index (χ1v) is 8.51. The van der Waals surface area contributed by atoms with E-state index in [1.54, 1.807) is 0 Å². The molecule has 2 fully saturated rings. The van der Waals surface area contributed by atoms with Crippen LogP contribution in [-0.2, 0) is 0 Å². The monoisotopic (exact) mass is 288 g/mol. The summed E-state index contributed by atoms with van der Waals surface area (Å²) in [5, 5.41) is 3.86. The predicted molar refractivity (Wildman–Crippen MR) is 86.8 cm³/mol. The van der Waals surface area contributed by atoms with Gasteiger partial charge in [0.05, 0.1) is 6.61 Å². The van der Waals surface area contributed by atoms with Crippen molar-refractivity contribution in [2.45, 2.75) is 57.7 Å². The standard InChI is InChI=1S/C18H28N2O/c1-3-21-16-9-7-15(8-10-16)14(2)19-17-11-13-20-12-5-4-6-18(17)20/h7-10,14,17-19H,3-6,11-13H2,1-2H3. The average Bonchev–Trinajstić information content (AvgIpc) is 2.92. The number of ether oxygens (including phenoxy) is 1. The van der Waals surface area contributed by atoms with E-state index in [4.69, 9.17) is 4.74 Å². The fourth-order valence-corrected chi connectivity index (χ4v) is 3.88. The number of hydrogen-bond donors (Lipinski definition) is 1. The maximum atomic E-state index is 5.52. The zero-order chi connectivity index (χ0) is 14.7. The molecular weight excluding hydrogens is 260 g/mol. The molecule has 3 unspecified atom stereocenters. The van der Waals surface area contributed by atoms with Crippen molar-refractivity contribution >= 4 is 0 Å². The molecule has 21 heavy (non-hydrogen) atoms. The van der Waals surface area contributed by atoms with Crippen molar-refractivity contribution in [3.05, 3.63) is 29.8 Å². The minimum Gasteiger partial charge on any atom is -0.494 e. The second-order valence-corrected chi connectivity index (χ2v) is 6.38. The lowest BCUT2D eigenvalue weighted by molar-refractivity contribution is 0.177. The maximum Gasteiger partial charge on any atom is 0.119 e. The van der Waals surface area contributed by atoms with Crippen LogP contribution in [-0.4, -0.2) is 36.7 Å². The third-order valence-electron chi connectivity index (χ3n) is 5.01. The molecule has 2 aliphatic rings. The topological polar surface area (TPSA) is 24.5 Å². The lowest BCUT2D eigenvalue weighted by atomic mass is 9.97. The van der Waals surface area contributed by atoms with Crippen LogP contribution in [0.1, 0.15) is 51.1 Å². The summed E-state index contributed by atoms with van der Waals surface area (Å²) in [6.07, 6.45) is 5.45. The molecule has 0 radical (unpaired) electrons. The van der Waals surface area contributed by atoms with E-state index in [1.807, 2.05) is 6.92 Å². The quantitative estimate of drug-likeness (QED) is 0.899.